The van der Waals surface area contributed by atoms with Gasteiger partial charge in [-0.15, -0.1) is 0 Å². The topological polar surface area (TPSA) is 29.5 Å². The molecule has 0 spiro atoms. The molecule has 0 heterocycles. The quantitative estimate of drug-likeness (QED) is 0.778. The Hall–Kier alpha value is 0.137. The minimum Gasteiger partial charge on any atom is -0.414 e. The molecule has 2 fully saturated rings. The minimum absolute atomic E-state index is 0.124. The third-order valence-electron chi connectivity index (χ3n) is 7.16. The van der Waals surface area contributed by atoms with E-state index in [0.717, 1.165) is 12.8 Å². The minimum atomic E-state index is -1.75. The van der Waals surface area contributed by atoms with E-state index in [-0.39, 0.29) is 11.1 Å². The van der Waals surface area contributed by atoms with Crippen LogP contribution in [0.4, 0.5) is 0 Å². The fourth-order valence-corrected chi connectivity index (χ4v) is 7.13. The van der Waals surface area contributed by atoms with Crippen LogP contribution in [0.25, 0.3) is 0 Å². The molecule has 1 N–H and O–H groups in total. The number of fused-ring (bicyclic) bond motifs is 1. The molecule has 2 aliphatic carbocycles. The van der Waals surface area contributed by atoms with Gasteiger partial charge >= 0.3 is 0 Å². The van der Waals surface area contributed by atoms with Crippen LogP contribution in [0, 0.1) is 23.2 Å². The number of rotatable bonds is 4. The standard InChI is InChI=1S/C17H34O2Si/c1-11(2)16(4,5)20(7,8)19-14-10-17(6)9-13(18)12(3)15(14)17/h11-15,18H,9-10H2,1-8H3/t12-,13+,14+,15+,17-/m0/s1. The van der Waals surface area contributed by atoms with Gasteiger partial charge in [-0.05, 0) is 54.1 Å². The maximum atomic E-state index is 10.2. The van der Waals surface area contributed by atoms with Crippen LogP contribution in [-0.4, -0.2) is 25.6 Å². The van der Waals surface area contributed by atoms with Crippen molar-refractivity contribution in [2.24, 2.45) is 23.2 Å². The Morgan fingerprint density at radius 3 is 2.25 bits per heavy atom. The largest absolute Gasteiger partial charge is 0.414 e. The molecule has 20 heavy (non-hydrogen) atoms. The smallest absolute Gasteiger partial charge is 0.192 e. The van der Waals surface area contributed by atoms with E-state index in [0.29, 0.717) is 29.3 Å². The summed E-state index contributed by atoms with van der Waals surface area (Å²) in [5.41, 5.74) is 0.329. The van der Waals surface area contributed by atoms with Gasteiger partial charge in [0.2, 0.25) is 0 Å². The van der Waals surface area contributed by atoms with Crippen molar-refractivity contribution in [1.82, 2.24) is 0 Å². The summed E-state index contributed by atoms with van der Waals surface area (Å²) < 4.78 is 6.73. The molecule has 2 rings (SSSR count). The second-order valence-electron chi connectivity index (χ2n) is 9.06. The zero-order valence-electron chi connectivity index (χ0n) is 14.7. The Labute approximate surface area is 126 Å². The Morgan fingerprint density at radius 1 is 1.25 bits per heavy atom. The molecule has 2 nitrogen and oxygen atoms in total. The summed E-state index contributed by atoms with van der Waals surface area (Å²) in [5, 5.41) is 10.4. The molecule has 0 aromatic rings. The molecule has 2 aliphatic rings. The highest BCUT2D eigenvalue weighted by molar-refractivity contribution is 6.74. The van der Waals surface area contributed by atoms with Crippen LogP contribution in [-0.2, 0) is 4.43 Å². The first-order valence-corrected chi connectivity index (χ1v) is 11.2. The Morgan fingerprint density at radius 2 is 1.80 bits per heavy atom. The van der Waals surface area contributed by atoms with E-state index in [4.69, 9.17) is 4.43 Å². The van der Waals surface area contributed by atoms with Crippen molar-refractivity contribution in [2.45, 2.75) is 84.7 Å². The molecule has 0 radical (unpaired) electrons. The number of hydrogen-bond acceptors (Lipinski definition) is 2. The molecule has 118 valence electrons. The monoisotopic (exact) mass is 298 g/mol. The molecular weight excluding hydrogens is 264 g/mol. The summed E-state index contributed by atoms with van der Waals surface area (Å²) in [6, 6.07) is 0. The predicted molar refractivity (Wildman–Crippen MR) is 87.2 cm³/mol. The lowest BCUT2D eigenvalue weighted by Gasteiger charge is -2.55. The van der Waals surface area contributed by atoms with Crippen molar-refractivity contribution >= 4 is 8.32 Å². The van der Waals surface area contributed by atoms with E-state index in [9.17, 15) is 5.11 Å². The molecule has 0 saturated heterocycles. The third kappa shape index (κ3) is 2.30. The molecule has 2 saturated carbocycles. The van der Waals surface area contributed by atoms with E-state index in [2.05, 4.69) is 54.6 Å². The summed E-state index contributed by atoms with van der Waals surface area (Å²) in [5.74, 6) is 1.60. The van der Waals surface area contributed by atoms with E-state index < -0.39 is 8.32 Å². The fraction of sp³-hybridized carbons (Fsp3) is 1.00. The van der Waals surface area contributed by atoms with Crippen molar-refractivity contribution in [3.05, 3.63) is 0 Å². The molecule has 0 amide bonds. The second kappa shape index (κ2) is 4.82. The Kier molecular flexibility index (Phi) is 3.98. The van der Waals surface area contributed by atoms with Gasteiger partial charge in [0.1, 0.15) is 0 Å². The fourth-order valence-electron chi connectivity index (χ4n) is 4.45. The van der Waals surface area contributed by atoms with Gasteiger partial charge in [-0.25, -0.2) is 0 Å². The molecule has 0 aromatic carbocycles. The lowest BCUT2D eigenvalue weighted by atomic mass is 9.59. The SMILES string of the molecule is CC(C)C(C)(C)[Si](C)(C)O[C@@H]1C[C@]2(C)C[C@@H](O)[C@H](C)[C@H]12. The predicted octanol–water partition coefficient (Wildman–Crippen LogP) is 4.44. The first kappa shape index (κ1) is 16.5. The molecular formula is C17H34O2Si. The van der Waals surface area contributed by atoms with Gasteiger partial charge < -0.3 is 9.53 Å². The average molecular weight is 299 g/mol. The molecule has 5 atom stereocenters. The van der Waals surface area contributed by atoms with Crippen LogP contribution in [0.3, 0.4) is 0 Å². The lowest BCUT2D eigenvalue weighted by Crippen LogP contribution is -2.57. The molecule has 0 unspecified atom stereocenters. The van der Waals surface area contributed by atoms with E-state index in [1.165, 1.54) is 0 Å². The second-order valence-corrected chi connectivity index (χ2v) is 13.6. The van der Waals surface area contributed by atoms with Crippen molar-refractivity contribution in [2.75, 3.05) is 0 Å². The first-order chi connectivity index (χ1) is 8.92. The van der Waals surface area contributed by atoms with Crippen LogP contribution >= 0.6 is 0 Å². The highest BCUT2D eigenvalue weighted by atomic mass is 28.4. The maximum absolute atomic E-state index is 10.2. The highest BCUT2D eigenvalue weighted by Crippen LogP contribution is 2.62. The Balaban J connectivity index is 2.09. The normalized spacial score (nSPS) is 41.7. The highest BCUT2D eigenvalue weighted by Gasteiger charge is 2.61. The summed E-state index contributed by atoms with van der Waals surface area (Å²) >= 11 is 0. The summed E-state index contributed by atoms with van der Waals surface area (Å²) in [6.07, 6.45) is 2.37. The lowest BCUT2D eigenvalue weighted by molar-refractivity contribution is -0.0840. The van der Waals surface area contributed by atoms with Crippen LogP contribution in [0.5, 0.6) is 0 Å². The van der Waals surface area contributed by atoms with Crippen LogP contribution in [0.2, 0.25) is 18.1 Å². The summed E-state index contributed by atoms with van der Waals surface area (Å²) in [7, 11) is -1.75. The maximum Gasteiger partial charge on any atom is 0.192 e. The molecule has 0 aliphatic heterocycles. The van der Waals surface area contributed by atoms with Crippen LogP contribution < -0.4 is 0 Å². The number of aliphatic hydroxyl groups excluding tert-OH is 1. The van der Waals surface area contributed by atoms with Gasteiger partial charge in [0.15, 0.2) is 8.32 Å². The van der Waals surface area contributed by atoms with Crippen LogP contribution in [0.1, 0.15) is 54.4 Å². The van der Waals surface area contributed by atoms with Crippen molar-refractivity contribution < 1.29 is 9.53 Å². The van der Waals surface area contributed by atoms with Gasteiger partial charge in [0, 0.05) is 6.10 Å². The van der Waals surface area contributed by atoms with Gasteiger partial charge in [-0.1, -0.05) is 41.5 Å². The number of aliphatic hydroxyl groups is 1. The van der Waals surface area contributed by atoms with Gasteiger partial charge in [0.05, 0.1) is 6.10 Å². The summed E-state index contributed by atoms with van der Waals surface area (Å²) in [4.78, 5) is 0. The molecule has 0 bridgehead atoms. The third-order valence-corrected chi connectivity index (χ3v) is 11.7. The van der Waals surface area contributed by atoms with Gasteiger partial charge in [-0.2, -0.15) is 0 Å². The van der Waals surface area contributed by atoms with Gasteiger partial charge in [-0.3, -0.25) is 0 Å². The average Bonchev–Trinajstić information content (AvgIpc) is 2.42. The zero-order chi connectivity index (χ0) is 15.5. The van der Waals surface area contributed by atoms with E-state index >= 15 is 0 Å². The molecule has 3 heteroatoms. The van der Waals surface area contributed by atoms with E-state index in [1.54, 1.807) is 0 Å². The van der Waals surface area contributed by atoms with E-state index in [1.807, 2.05) is 0 Å². The van der Waals surface area contributed by atoms with Crippen molar-refractivity contribution in [3.8, 4) is 0 Å². The zero-order valence-corrected chi connectivity index (χ0v) is 15.7. The Bertz CT molecular complexity index is 377. The van der Waals surface area contributed by atoms with Crippen molar-refractivity contribution in [3.63, 3.8) is 0 Å². The van der Waals surface area contributed by atoms with Gasteiger partial charge in [0.25, 0.3) is 0 Å². The van der Waals surface area contributed by atoms with Crippen molar-refractivity contribution in [1.29, 1.82) is 0 Å². The molecule has 0 aromatic heterocycles. The van der Waals surface area contributed by atoms with Crippen LogP contribution in [0.15, 0.2) is 0 Å². The number of hydrogen-bond donors (Lipinski definition) is 1. The summed E-state index contributed by atoms with van der Waals surface area (Å²) in [6.45, 7) is 18.7. The first-order valence-electron chi connectivity index (χ1n) is 8.28.